The Morgan fingerprint density at radius 1 is 1.42 bits per heavy atom. The predicted octanol–water partition coefficient (Wildman–Crippen LogP) is 4.04. The normalized spacial score (nSPS) is 14.8. The highest BCUT2D eigenvalue weighted by Gasteiger charge is 2.33. The van der Waals surface area contributed by atoms with Gasteiger partial charge in [-0.3, -0.25) is 4.79 Å². The molecule has 0 bridgehead atoms. The number of carbonyl (C=O) groups is 1. The first-order valence-corrected chi connectivity index (χ1v) is 8.19. The topological polar surface area (TPSA) is 20.3 Å². The van der Waals surface area contributed by atoms with Crippen molar-refractivity contribution in [3.8, 4) is 0 Å². The Balaban J connectivity index is 1.91. The maximum Gasteiger partial charge on any atom is 0.264 e. The van der Waals surface area contributed by atoms with Crippen molar-refractivity contribution < 1.29 is 9.18 Å². The van der Waals surface area contributed by atoms with E-state index in [1.54, 1.807) is 6.07 Å². The standard InChI is InChI=1S/C14H13BrFNOS/c15-5-6-17(11-3-4-11)14(18)13-7-9-1-2-10(16)8-12(9)19-13/h1-2,7-8,11H,3-6H2. The molecule has 2 nitrogen and oxygen atoms in total. The van der Waals surface area contributed by atoms with E-state index in [9.17, 15) is 9.18 Å². The molecule has 0 atom stereocenters. The summed E-state index contributed by atoms with van der Waals surface area (Å²) in [4.78, 5) is 15.1. The van der Waals surface area contributed by atoms with Crippen LogP contribution in [0, 0.1) is 5.82 Å². The highest BCUT2D eigenvalue weighted by Crippen LogP contribution is 2.32. The van der Waals surface area contributed by atoms with Gasteiger partial charge in [0.2, 0.25) is 0 Å². The van der Waals surface area contributed by atoms with Crippen LogP contribution in [0.15, 0.2) is 24.3 Å². The molecule has 0 radical (unpaired) electrons. The average Bonchev–Trinajstić information content (AvgIpc) is 3.14. The van der Waals surface area contributed by atoms with Crippen molar-refractivity contribution >= 4 is 43.3 Å². The van der Waals surface area contributed by atoms with Crippen molar-refractivity contribution in [1.29, 1.82) is 0 Å². The molecule has 1 heterocycles. The Kier molecular flexibility index (Phi) is 3.58. The minimum atomic E-state index is -0.257. The fourth-order valence-electron chi connectivity index (χ4n) is 2.18. The van der Waals surface area contributed by atoms with Gasteiger partial charge in [-0.1, -0.05) is 22.0 Å². The van der Waals surface area contributed by atoms with E-state index in [2.05, 4.69) is 15.9 Å². The smallest absolute Gasteiger partial charge is 0.264 e. The zero-order chi connectivity index (χ0) is 13.4. The molecule has 5 heteroatoms. The van der Waals surface area contributed by atoms with Crippen molar-refractivity contribution in [2.45, 2.75) is 18.9 Å². The second kappa shape index (κ2) is 5.21. The summed E-state index contributed by atoms with van der Waals surface area (Å²) in [6, 6.07) is 6.91. The van der Waals surface area contributed by atoms with Crippen LogP contribution in [0.5, 0.6) is 0 Å². The summed E-state index contributed by atoms with van der Waals surface area (Å²) in [7, 11) is 0. The zero-order valence-corrected chi connectivity index (χ0v) is 12.6. The van der Waals surface area contributed by atoms with E-state index in [4.69, 9.17) is 0 Å². The van der Waals surface area contributed by atoms with Gasteiger partial charge in [0.1, 0.15) is 5.82 Å². The van der Waals surface area contributed by atoms with Crippen LogP contribution in [0.3, 0.4) is 0 Å². The number of thiophene rings is 1. The Bertz CT molecular complexity index is 623. The molecule has 0 unspecified atom stereocenters. The van der Waals surface area contributed by atoms with Crippen molar-refractivity contribution in [1.82, 2.24) is 4.90 Å². The fraction of sp³-hybridized carbons (Fsp3) is 0.357. The van der Waals surface area contributed by atoms with Gasteiger partial charge in [-0.2, -0.15) is 0 Å². The molecule has 1 fully saturated rings. The van der Waals surface area contributed by atoms with Crippen molar-refractivity contribution in [2.24, 2.45) is 0 Å². The third-order valence-corrected chi connectivity index (χ3v) is 4.71. The SMILES string of the molecule is O=C(c1cc2ccc(F)cc2s1)N(CCBr)C1CC1. The van der Waals surface area contributed by atoms with Gasteiger partial charge < -0.3 is 4.90 Å². The van der Waals surface area contributed by atoms with Crippen LogP contribution in [0.2, 0.25) is 0 Å². The summed E-state index contributed by atoms with van der Waals surface area (Å²) < 4.78 is 14.0. The van der Waals surface area contributed by atoms with Crippen LogP contribution in [-0.2, 0) is 0 Å². The number of amides is 1. The predicted molar refractivity (Wildman–Crippen MR) is 79.6 cm³/mol. The molecule has 2 aromatic rings. The molecular formula is C14H13BrFNOS. The number of halogens is 2. The van der Waals surface area contributed by atoms with Gasteiger partial charge in [-0.25, -0.2) is 4.39 Å². The first-order chi connectivity index (χ1) is 9.19. The number of hydrogen-bond acceptors (Lipinski definition) is 2. The van der Waals surface area contributed by atoms with E-state index in [1.807, 2.05) is 11.0 Å². The summed E-state index contributed by atoms with van der Waals surface area (Å²) in [5, 5.41) is 1.72. The molecule has 1 aliphatic carbocycles. The lowest BCUT2D eigenvalue weighted by Gasteiger charge is -2.20. The van der Waals surface area contributed by atoms with Crippen molar-refractivity contribution in [3.05, 3.63) is 35.0 Å². The summed E-state index contributed by atoms with van der Waals surface area (Å²) in [6.07, 6.45) is 2.19. The first-order valence-electron chi connectivity index (χ1n) is 6.25. The van der Waals surface area contributed by atoms with E-state index in [0.717, 1.165) is 34.8 Å². The molecule has 1 amide bonds. The van der Waals surface area contributed by atoms with Crippen LogP contribution >= 0.6 is 27.3 Å². The Labute approximate surface area is 123 Å². The molecule has 19 heavy (non-hydrogen) atoms. The lowest BCUT2D eigenvalue weighted by Crippen LogP contribution is -2.34. The third-order valence-electron chi connectivity index (χ3n) is 3.27. The second-order valence-electron chi connectivity index (χ2n) is 4.71. The monoisotopic (exact) mass is 341 g/mol. The van der Waals surface area contributed by atoms with E-state index < -0.39 is 0 Å². The highest BCUT2D eigenvalue weighted by atomic mass is 79.9. The average molecular weight is 342 g/mol. The summed E-state index contributed by atoms with van der Waals surface area (Å²) in [5.74, 6) is -0.184. The minimum absolute atomic E-state index is 0.0727. The van der Waals surface area contributed by atoms with Crippen molar-refractivity contribution in [3.63, 3.8) is 0 Å². The van der Waals surface area contributed by atoms with Gasteiger partial charge in [-0.15, -0.1) is 11.3 Å². The molecule has 0 aliphatic heterocycles. The van der Waals surface area contributed by atoms with Crippen LogP contribution in [-0.4, -0.2) is 28.7 Å². The van der Waals surface area contributed by atoms with E-state index in [1.165, 1.54) is 23.5 Å². The number of rotatable bonds is 4. The van der Waals surface area contributed by atoms with Crippen LogP contribution in [0.1, 0.15) is 22.5 Å². The lowest BCUT2D eigenvalue weighted by molar-refractivity contribution is 0.0759. The van der Waals surface area contributed by atoms with E-state index in [-0.39, 0.29) is 11.7 Å². The molecule has 0 N–H and O–H groups in total. The molecular weight excluding hydrogens is 329 g/mol. The number of fused-ring (bicyclic) bond motifs is 1. The van der Waals surface area contributed by atoms with Crippen LogP contribution in [0.25, 0.3) is 10.1 Å². The summed E-state index contributed by atoms with van der Waals surface area (Å²) in [5.41, 5.74) is 0. The van der Waals surface area contributed by atoms with Crippen LogP contribution < -0.4 is 0 Å². The van der Waals surface area contributed by atoms with Gasteiger partial charge in [0.15, 0.2) is 0 Å². The fourth-order valence-corrected chi connectivity index (χ4v) is 3.60. The number of carbonyl (C=O) groups excluding carboxylic acids is 1. The maximum atomic E-state index is 13.2. The molecule has 1 aliphatic rings. The molecule has 0 spiro atoms. The second-order valence-corrected chi connectivity index (χ2v) is 6.59. The maximum absolute atomic E-state index is 13.2. The first kappa shape index (κ1) is 13.1. The van der Waals surface area contributed by atoms with E-state index in [0.29, 0.717) is 10.9 Å². The molecule has 100 valence electrons. The van der Waals surface area contributed by atoms with Crippen LogP contribution in [0.4, 0.5) is 4.39 Å². The highest BCUT2D eigenvalue weighted by molar-refractivity contribution is 9.09. The largest absolute Gasteiger partial charge is 0.334 e. The number of alkyl halides is 1. The number of nitrogens with zero attached hydrogens (tertiary/aromatic N) is 1. The minimum Gasteiger partial charge on any atom is -0.334 e. The van der Waals surface area contributed by atoms with Crippen molar-refractivity contribution in [2.75, 3.05) is 11.9 Å². The zero-order valence-electron chi connectivity index (χ0n) is 10.2. The van der Waals surface area contributed by atoms with Gasteiger partial charge >= 0.3 is 0 Å². The Morgan fingerprint density at radius 2 is 2.21 bits per heavy atom. The third kappa shape index (κ3) is 2.67. The molecule has 0 saturated heterocycles. The van der Waals surface area contributed by atoms with Gasteiger partial charge in [0, 0.05) is 22.6 Å². The summed E-state index contributed by atoms with van der Waals surface area (Å²) >= 11 is 4.76. The number of hydrogen-bond donors (Lipinski definition) is 0. The van der Waals surface area contributed by atoms with Gasteiger partial charge in [0.05, 0.1) is 4.88 Å². The van der Waals surface area contributed by atoms with Gasteiger partial charge in [-0.05, 0) is 36.4 Å². The Hall–Kier alpha value is -0.940. The molecule has 1 aromatic heterocycles. The lowest BCUT2D eigenvalue weighted by atomic mass is 10.2. The Morgan fingerprint density at radius 3 is 2.89 bits per heavy atom. The summed E-state index contributed by atoms with van der Waals surface area (Å²) in [6.45, 7) is 0.728. The molecule has 1 saturated carbocycles. The quantitative estimate of drug-likeness (QED) is 0.768. The molecule has 3 rings (SSSR count). The number of benzene rings is 1. The van der Waals surface area contributed by atoms with E-state index >= 15 is 0 Å². The molecule has 1 aromatic carbocycles. The van der Waals surface area contributed by atoms with Gasteiger partial charge in [0.25, 0.3) is 5.91 Å².